The van der Waals surface area contributed by atoms with Crippen molar-refractivity contribution in [2.24, 2.45) is 0 Å². The molecule has 2 heterocycles. The molecule has 0 unspecified atom stereocenters. The van der Waals surface area contributed by atoms with Crippen LogP contribution in [0, 0.1) is 0 Å². The highest BCUT2D eigenvalue weighted by molar-refractivity contribution is 7.92. The standard InChI is InChI=1S/C28H32ClN3O4S2/c1-28(2,31(3)4)24(33)13-12-19-8-6-9-20(16-19)17-32-22-10-7-11-23(36-5)27(22)21(30-32)18-38(34,35)26-15-14-25(29)37-26/h6-11,14-16H,12-13,17-18H2,1-5H3. The van der Waals surface area contributed by atoms with Crippen LogP contribution in [0.15, 0.2) is 58.8 Å². The first-order chi connectivity index (χ1) is 17.9. The lowest BCUT2D eigenvalue weighted by molar-refractivity contribution is -0.127. The Morgan fingerprint density at radius 3 is 2.47 bits per heavy atom. The van der Waals surface area contributed by atoms with E-state index in [1.54, 1.807) is 19.2 Å². The molecule has 2 aromatic carbocycles. The molecule has 0 amide bonds. The molecule has 0 bridgehead atoms. The summed E-state index contributed by atoms with van der Waals surface area (Å²) in [6.45, 7) is 4.32. The summed E-state index contributed by atoms with van der Waals surface area (Å²) >= 11 is 7.02. The second-order valence-electron chi connectivity index (χ2n) is 9.97. The van der Waals surface area contributed by atoms with Crippen LogP contribution < -0.4 is 4.74 Å². The Labute approximate surface area is 232 Å². The highest BCUT2D eigenvalue weighted by Crippen LogP contribution is 2.33. The fourth-order valence-electron chi connectivity index (χ4n) is 4.25. The monoisotopic (exact) mass is 573 g/mol. The van der Waals surface area contributed by atoms with Crippen molar-refractivity contribution in [2.45, 2.75) is 48.7 Å². The number of fused-ring (bicyclic) bond motifs is 1. The summed E-state index contributed by atoms with van der Waals surface area (Å²) in [5.41, 5.74) is 2.77. The predicted octanol–water partition coefficient (Wildman–Crippen LogP) is 5.62. The minimum absolute atomic E-state index is 0.191. The number of aromatic nitrogens is 2. The van der Waals surface area contributed by atoms with E-state index in [1.807, 2.05) is 67.9 Å². The first-order valence-corrected chi connectivity index (χ1v) is 15.1. The molecule has 0 spiro atoms. The summed E-state index contributed by atoms with van der Waals surface area (Å²) in [6.07, 6.45) is 1.09. The van der Waals surface area contributed by atoms with Gasteiger partial charge < -0.3 is 4.74 Å². The molecule has 10 heteroatoms. The molecule has 4 rings (SSSR count). The summed E-state index contributed by atoms with van der Waals surface area (Å²) in [7, 11) is 1.75. The van der Waals surface area contributed by atoms with Gasteiger partial charge in [-0.2, -0.15) is 5.10 Å². The number of methoxy groups -OCH3 is 1. The van der Waals surface area contributed by atoms with Crippen LogP contribution in [0.5, 0.6) is 5.75 Å². The molecular formula is C28H32ClN3O4S2. The van der Waals surface area contributed by atoms with Gasteiger partial charge in [-0.05, 0) is 69.8 Å². The van der Waals surface area contributed by atoms with E-state index in [0.717, 1.165) is 28.0 Å². The molecule has 0 N–H and O–H groups in total. The lowest BCUT2D eigenvalue weighted by Gasteiger charge is -2.30. The quantitative estimate of drug-likeness (QED) is 0.231. The van der Waals surface area contributed by atoms with Crippen molar-refractivity contribution in [2.75, 3.05) is 21.2 Å². The van der Waals surface area contributed by atoms with Gasteiger partial charge in [0, 0.05) is 6.42 Å². The van der Waals surface area contributed by atoms with Gasteiger partial charge in [0.2, 0.25) is 0 Å². The Morgan fingerprint density at radius 1 is 1.11 bits per heavy atom. The Kier molecular flexibility index (Phi) is 8.32. The fraction of sp³-hybridized carbons (Fsp3) is 0.357. The van der Waals surface area contributed by atoms with Gasteiger partial charge in [-0.1, -0.05) is 41.9 Å². The van der Waals surface area contributed by atoms with Gasteiger partial charge in [0.25, 0.3) is 0 Å². The Bertz CT molecular complexity index is 1570. The number of Topliss-reactive ketones (excluding diaryl/α,β-unsaturated/α-hetero) is 1. The van der Waals surface area contributed by atoms with Gasteiger partial charge in [-0.25, -0.2) is 8.42 Å². The number of ether oxygens (including phenoxy) is 1. The number of sulfone groups is 1. The number of rotatable bonds is 11. The second kappa shape index (κ2) is 11.2. The zero-order valence-corrected chi connectivity index (χ0v) is 24.6. The van der Waals surface area contributed by atoms with Gasteiger partial charge in [0.1, 0.15) is 15.7 Å². The van der Waals surface area contributed by atoms with Crippen LogP contribution in [-0.2, 0) is 33.4 Å². The topological polar surface area (TPSA) is 81.5 Å². The highest BCUT2D eigenvalue weighted by Gasteiger charge is 2.29. The van der Waals surface area contributed by atoms with E-state index >= 15 is 0 Å². The SMILES string of the molecule is COc1cccc2c1c(CS(=O)(=O)c1ccc(Cl)s1)nn2Cc1cccc(CCC(=O)C(C)(C)N(C)C)c1. The number of benzene rings is 2. The largest absolute Gasteiger partial charge is 0.496 e. The van der Waals surface area contributed by atoms with Crippen LogP contribution in [0.2, 0.25) is 4.34 Å². The van der Waals surface area contributed by atoms with E-state index in [2.05, 4.69) is 6.07 Å². The predicted molar refractivity (Wildman–Crippen MR) is 153 cm³/mol. The Morgan fingerprint density at radius 2 is 1.82 bits per heavy atom. The van der Waals surface area contributed by atoms with Crippen molar-refractivity contribution >= 4 is 49.5 Å². The van der Waals surface area contributed by atoms with Crippen LogP contribution in [-0.4, -0.2) is 55.6 Å². The molecule has 0 aliphatic rings. The zero-order valence-electron chi connectivity index (χ0n) is 22.2. The normalized spacial score (nSPS) is 12.4. The van der Waals surface area contributed by atoms with Gasteiger partial charge in [0.05, 0.1) is 40.1 Å². The van der Waals surface area contributed by atoms with Crippen molar-refractivity contribution in [1.29, 1.82) is 0 Å². The van der Waals surface area contributed by atoms with Gasteiger partial charge in [-0.3, -0.25) is 14.4 Å². The third-order valence-corrected chi connectivity index (χ3v) is 10.4. The molecule has 4 aromatic rings. The van der Waals surface area contributed by atoms with Crippen LogP contribution in [0.4, 0.5) is 0 Å². The highest BCUT2D eigenvalue weighted by atomic mass is 35.5. The maximum absolute atomic E-state index is 13.1. The molecule has 0 aliphatic heterocycles. The number of carbonyl (C=O) groups is 1. The number of hydrogen-bond donors (Lipinski definition) is 0. The minimum Gasteiger partial charge on any atom is -0.496 e. The average Bonchev–Trinajstić information content (AvgIpc) is 3.46. The van der Waals surface area contributed by atoms with Crippen molar-refractivity contribution < 1.29 is 17.9 Å². The first-order valence-electron chi connectivity index (χ1n) is 12.2. The molecule has 38 heavy (non-hydrogen) atoms. The van der Waals surface area contributed by atoms with Crippen LogP contribution in [0.1, 0.15) is 37.1 Å². The van der Waals surface area contributed by atoms with E-state index in [4.69, 9.17) is 21.4 Å². The lowest BCUT2D eigenvalue weighted by Crippen LogP contribution is -2.45. The van der Waals surface area contributed by atoms with Crippen LogP contribution >= 0.6 is 22.9 Å². The van der Waals surface area contributed by atoms with Crippen molar-refractivity contribution in [3.63, 3.8) is 0 Å². The molecule has 7 nitrogen and oxygen atoms in total. The molecule has 0 radical (unpaired) electrons. The molecule has 202 valence electrons. The molecule has 0 saturated carbocycles. The minimum atomic E-state index is -3.64. The van der Waals surface area contributed by atoms with E-state index in [-0.39, 0.29) is 15.7 Å². The number of thiophene rings is 1. The molecule has 2 aromatic heterocycles. The van der Waals surface area contributed by atoms with Crippen LogP contribution in [0.25, 0.3) is 10.9 Å². The summed E-state index contributed by atoms with van der Waals surface area (Å²) in [6, 6.07) is 16.8. The Balaban J connectivity index is 1.62. The van der Waals surface area contributed by atoms with Crippen molar-refractivity contribution in [3.8, 4) is 5.75 Å². The number of nitrogens with zero attached hydrogens (tertiary/aromatic N) is 3. The number of hydrogen-bond acceptors (Lipinski definition) is 7. The third kappa shape index (κ3) is 5.96. The summed E-state index contributed by atoms with van der Waals surface area (Å²) in [5.74, 6) is 0.493. The second-order valence-corrected chi connectivity index (χ2v) is 13.9. The maximum Gasteiger partial charge on any atom is 0.193 e. The van der Waals surface area contributed by atoms with E-state index in [1.165, 1.54) is 6.07 Å². The Hall–Kier alpha value is -2.72. The number of ketones is 1. The number of aryl methyl sites for hydroxylation is 1. The van der Waals surface area contributed by atoms with Gasteiger partial charge in [0.15, 0.2) is 15.6 Å². The molecule has 0 saturated heterocycles. The zero-order chi connectivity index (χ0) is 27.7. The summed E-state index contributed by atoms with van der Waals surface area (Å²) in [5, 5.41) is 5.41. The number of halogens is 1. The maximum atomic E-state index is 13.1. The molecule has 0 aliphatic carbocycles. The lowest BCUT2D eigenvalue weighted by atomic mass is 9.92. The van der Waals surface area contributed by atoms with E-state index in [9.17, 15) is 13.2 Å². The fourth-order valence-corrected chi connectivity index (χ4v) is 7.10. The van der Waals surface area contributed by atoms with Gasteiger partial charge in [-0.15, -0.1) is 11.3 Å². The molecule has 0 atom stereocenters. The number of likely N-dealkylation sites (N-methyl/N-ethyl adjacent to an activating group) is 1. The summed E-state index contributed by atoms with van der Waals surface area (Å²) < 4.78 is 34.3. The number of carbonyl (C=O) groups excluding carboxylic acids is 1. The average molecular weight is 574 g/mol. The van der Waals surface area contributed by atoms with Crippen LogP contribution in [0.3, 0.4) is 0 Å². The third-order valence-electron chi connectivity index (χ3n) is 6.98. The smallest absolute Gasteiger partial charge is 0.193 e. The van der Waals surface area contributed by atoms with Gasteiger partial charge >= 0.3 is 0 Å². The molecular weight excluding hydrogens is 542 g/mol. The summed E-state index contributed by atoms with van der Waals surface area (Å²) in [4.78, 5) is 14.7. The van der Waals surface area contributed by atoms with Crippen molar-refractivity contribution in [1.82, 2.24) is 14.7 Å². The van der Waals surface area contributed by atoms with E-state index < -0.39 is 15.4 Å². The van der Waals surface area contributed by atoms with Crippen molar-refractivity contribution in [3.05, 3.63) is 75.8 Å². The van der Waals surface area contributed by atoms with E-state index in [0.29, 0.717) is 40.6 Å². The first kappa shape index (κ1) is 28.3. The molecule has 0 fully saturated rings.